The zero-order valence-corrected chi connectivity index (χ0v) is 11.1. The van der Waals surface area contributed by atoms with E-state index in [1.165, 1.54) is 25.7 Å². The van der Waals surface area contributed by atoms with Crippen molar-refractivity contribution in [1.29, 1.82) is 0 Å². The Kier molecular flexibility index (Phi) is 9.12. The van der Waals surface area contributed by atoms with Crippen molar-refractivity contribution >= 4 is 0 Å². The molecule has 0 aliphatic rings. The van der Waals surface area contributed by atoms with Crippen LogP contribution in [0.2, 0.25) is 0 Å². The number of hydrogen-bond donors (Lipinski definition) is 1. The molecule has 0 aliphatic heterocycles. The summed E-state index contributed by atoms with van der Waals surface area (Å²) >= 11 is 0. The number of ether oxygens (including phenoxy) is 1. The van der Waals surface area contributed by atoms with Crippen LogP contribution >= 0.6 is 0 Å². The summed E-state index contributed by atoms with van der Waals surface area (Å²) in [6.45, 7) is 12.9. The standard InChI is InChI=1S/C13H29NO/c1-5-9-13(4,12-14-6-2)10-8-11-15-7-3/h14H,5-12H2,1-4H3. The van der Waals surface area contributed by atoms with E-state index in [9.17, 15) is 0 Å². The molecule has 92 valence electrons. The van der Waals surface area contributed by atoms with Crippen molar-refractivity contribution in [2.45, 2.75) is 53.4 Å². The van der Waals surface area contributed by atoms with Gasteiger partial charge in [0.2, 0.25) is 0 Å². The van der Waals surface area contributed by atoms with E-state index in [2.05, 4.69) is 33.0 Å². The SMILES string of the molecule is CCCC(C)(CCCOCC)CNCC. The summed E-state index contributed by atoms with van der Waals surface area (Å²) in [5, 5.41) is 3.47. The van der Waals surface area contributed by atoms with Gasteiger partial charge in [0, 0.05) is 19.8 Å². The third kappa shape index (κ3) is 7.80. The first kappa shape index (κ1) is 14.9. The largest absolute Gasteiger partial charge is 0.382 e. The Morgan fingerprint density at radius 2 is 1.87 bits per heavy atom. The molecule has 0 aromatic carbocycles. The molecule has 15 heavy (non-hydrogen) atoms. The Labute approximate surface area is 95.8 Å². The summed E-state index contributed by atoms with van der Waals surface area (Å²) in [7, 11) is 0. The lowest BCUT2D eigenvalue weighted by atomic mass is 9.81. The van der Waals surface area contributed by atoms with Gasteiger partial charge in [-0.3, -0.25) is 0 Å². The maximum Gasteiger partial charge on any atom is 0.0466 e. The predicted molar refractivity (Wildman–Crippen MR) is 67.3 cm³/mol. The highest BCUT2D eigenvalue weighted by Crippen LogP contribution is 2.28. The molecule has 0 heterocycles. The molecule has 0 aromatic heterocycles. The third-order valence-corrected chi connectivity index (χ3v) is 2.93. The van der Waals surface area contributed by atoms with Crippen molar-refractivity contribution in [3.63, 3.8) is 0 Å². The Morgan fingerprint density at radius 3 is 2.40 bits per heavy atom. The zero-order chi connectivity index (χ0) is 11.6. The van der Waals surface area contributed by atoms with Crippen molar-refractivity contribution in [1.82, 2.24) is 5.32 Å². The number of rotatable bonds is 10. The van der Waals surface area contributed by atoms with Gasteiger partial charge in [0.1, 0.15) is 0 Å². The Bertz CT molecular complexity index is 138. The lowest BCUT2D eigenvalue weighted by Crippen LogP contribution is -2.32. The molecule has 2 heteroatoms. The fourth-order valence-electron chi connectivity index (χ4n) is 2.08. The monoisotopic (exact) mass is 215 g/mol. The highest BCUT2D eigenvalue weighted by molar-refractivity contribution is 4.76. The summed E-state index contributed by atoms with van der Waals surface area (Å²) in [6, 6.07) is 0. The lowest BCUT2D eigenvalue weighted by Gasteiger charge is -2.29. The molecule has 0 rings (SSSR count). The molecule has 0 spiro atoms. The summed E-state index contributed by atoms with van der Waals surface area (Å²) in [5.41, 5.74) is 0.460. The molecule has 0 saturated heterocycles. The molecule has 1 N–H and O–H groups in total. The maximum absolute atomic E-state index is 5.39. The number of nitrogens with one attached hydrogen (secondary N) is 1. The van der Waals surface area contributed by atoms with Gasteiger partial charge in [0.15, 0.2) is 0 Å². The highest BCUT2D eigenvalue weighted by Gasteiger charge is 2.21. The van der Waals surface area contributed by atoms with Crippen LogP contribution in [0.1, 0.15) is 53.4 Å². The van der Waals surface area contributed by atoms with Gasteiger partial charge in [0.05, 0.1) is 0 Å². The van der Waals surface area contributed by atoms with Crippen LogP contribution in [-0.2, 0) is 4.74 Å². The van der Waals surface area contributed by atoms with Crippen molar-refractivity contribution in [2.75, 3.05) is 26.3 Å². The van der Waals surface area contributed by atoms with Crippen molar-refractivity contribution in [2.24, 2.45) is 5.41 Å². The summed E-state index contributed by atoms with van der Waals surface area (Å²) in [6.07, 6.45) is 5.05. The van der Waals surface area contributed by atoms with E-state index < -0.39 is 0 Å². The van der Waals surface area contributed by atoms with Gasteiger partial charge >= 0.3 is 0 Å². The summed E-state index contributed by atoms with van der Waals surface area (Å²) in [5.74, 6) is 0. The normalized spacial score (nSPS) is 15.2. The van der Waals surface area contributed by atoms with Crippen molar-refractivity contribution < 1.29 is 4.74 Å². The summed E-state index contributed by atoms with van der Waals surface area (Å²) in [4.78, 5) is 0. The Balaban J connectivity index is 3.78. The molecule has 2 nitrogen and oxygen atoms in total. The van der Waals surface area contributed by atoms with Gasteiger partial charge in [-0.05, 0) is 38.1 Å². The van der Waals surface area contributed by atoms with Crippen LogP contribution in [0.3, 0.4) is 0 Å². The first-order chi connectivity index (χ1) is 7.18. The first-order valence-electron chi connectivity index (χ1n) is 6.47. The topological polar surface area (TPSA) is 21.3 Å². The van der Waals surface area contributed by atoms with Gasteiger partial charge in [-0.2, -0.15) is 0 Å². The van der Waals surface area contributed by atoms with Gasteiger partial charge in [0.25, 0.3) is 0 Å². The second-order valence-corrected chi connectivity index (χ2v) is 4.64. The molecule has 0 aromatic rings. The predicted octanol–water partition coefficient (Wildman–Crippen LogP) is 3.22. The van der Waals surface area contributed by atoms with E-state index in [0.717, 1.165) is 26.3 Å². The minimum absolute atomic E-state index is 0.460. The van der Waals surface area contributed by atoms with Crippen LogP contribution in [0.15, 0.2) is 0 Å². The zero-order valence-electron chi connectivity index (χ0n) is 11.1. The van der Waals surface area contributed by atoms with Crippen molar-refractivity contribution in [3.05, 3.63) is 0 Å². The van der Waals surface area contributed by atoms with Crippen molar-refractivity contribution in [3.8, 4) is 0 Å². The van der Waals surface area contributed by atoms with E-state index in [0.29, 0.717) is 5.41 Å². The smallest absolute Gasteiger partial charge is 0.0466 e. The molecule has 1 unspecified atom stereocenters. The quantitative estimate of drug-likeness (QED) is 0.565. The molecular weight excluding hydrogens is 186 g/mol. The Morgan fingerprint density at radius 1 is 1.13 bits per heavy atom. The van der Waals surface area contributed by atoms with E-state index in [1.54, 1.807) is 0 Å². The van der Waals surface area contributed by atoms with Crippen LogP contribution < -0.4 is 5.32 Å². The number of hydrogen-bond acceptors (Lipinski definition) is 2. The van der Waals surface area contributed by atoms with Crippen LogP contribution in [0, 0.1) is 5.41 Å². The molecule has 1 atom stereocenters. The lowest BCUT2D eigenvalue weighted by molar-refractivity contribution is 0.127. The molecule has 0 saturated carbocycles. The third-order valence-electron chi connectivity index (χ3n) is 2.93. The molecule has 0 fully saturated rings. The van der Waals surface area contributed by atoms with Crippen LogP contribution in [0.25, 0.3) is 0 Å². The molecular formula is C13H29NO. The van der Waals surface area contributed by atoms with Crippen LogP contribution in [0.4, 0.5) is 0 Å². The first-order valence-corrected chi connectivity index (χ1v) is 6.47. The fraction of sp³-hybridized carbons (Fsp3) is 1.00. The van der Waals surface area contributed by atoms with Crippen LogP contribution in [-0.4, -0.2) is 26.3 Å². The molecule has 0 aliphatic carbocycles. The van der Waals surface area contributed by atoms with Gasteiger partial charge in [-0.1, -0.05) is 27.2 Å². The summed E-state index contributed by atoms with van der Waals surface area (Å²) < 4.78 is 5.39. The van der Waals surface area contributed by atoms with Gasteiger partial charge in [-0.25, -0.2) is 0 Å². The van der Waals surface area contributed by atoms with Gasteiger partial charge in [-0.15, -0.1) is 0 Å². The van der Waals surface area contributed by atoms with E-state index >= 15 is 0 Å². The van der Waals surface area contributed by atoms with Crippen LogP contribution in [0.5, 0.6) is 0 Å². The van der Waals surface area contributed by atoms with E-state index in [1.807, 2.05) is 0 Å². The van der Waals surface area contributed by atoms with E-state index in [4.69, 9.17) is 4.74 Å². The molecule has 0 amide bonds. The Hall–Kier alpha value is -0.0800. The molecule has 0 bridgehead atoms. The second-order valence-electron chi connectivity index (χ2n) is 4.64. The van der Waals surface area contributed by atoms with E-state index in [-0.39, 0.29) is 0 Å². The van der Waals surface area contributed by atoms with Gasteiger partial charge < -0.3 is 10.1 Å². The average molecular weight is 215 g/mol. The average Bonchev–Trinajstić information content (AvgIpc) is 2.22. The highest BCUT2D eigenvalue weighted by atomic mass is 16.5. The second kappa shape index (κ2) is 9.17. The molecule has 0 radical (unpaired) electrons. The minimum Gasteiger partial charge on any atom is -0.382 e. The fourth-order valence-corrected chi connectivity index (χ4v) is 2.08. The maximum atomic E-state index is 5.39. The minimum atomic E-state index is 0.460.